The van der Waals surface area contributed by atoms with Crippen LogP contribution in [0.2, 0.25) is 0 Å². The molecule has 0 bridgehead atoms. The van der Waals surface area contributed by atoms with E-state index in [0.717, 1.165) is 25.8 Å². The summed E-state index contributed by atoms with van der Waals surface area (Å²) in [6, 6.07) is 0. The van der Waals surface area contributed by atoms with Crippen molar-refractivity contribution in [2.45, 2.75) is 40.0 Å². The maximum Gasteiger partial charge on any atom is 0.310 e. The van der Waals surface area contributed by atoms with Crippen molar-refractivity contribution in [2.24, 2.45) is 17.3 Å². The maximum atomic E-state index is 11.4. The van der Waals surface area contributed by atoms with E-state index in [1.165, 1.54) is 0 Å². The van der Waals surface area contributed by atoms with E-state index in [1.54, 1.807) is 0 Å². The third-order valence-corrected chi connectivity index (χ3v) is 3.65. The molecular weight excluding hydrogens is 226 g/mol. The lowest BCUT2D eigenvalue weighted by atomic mass is 9.70. The van der Waals surface area contributed by atoms with Gasteiger partial charge in [-0.2, -0.15) is 0 Å². The second-order valence-electron chi connectivity index (χ2n) is 5.17. The Morgan fingerprint density at radius 2 is 2.19 bits per heavy atom. The summed E-state index contributed by atoms with van der Waals surface area (Å²) in [5.74, 6) is 0.442. The molecule has 1 rings (SSSR count). The Hall–Kier alpha value is -0.280. The summed E-state index contributed by atoms with van der Waals surface area (Å²) < 4.78 is 0. The second kappa shape index (κ2) is 6.45. The van der Waals surface area contributed by atoms with Crippen molar-refractivity contribution in [2.75, 3.05) is 13.1 Å². The Morgan fingerprint density at radius 1 is 1.56 bits per heavy atom. The molecule has 1 heterocycles. The summed E-state index contributed by atoms with van der Waals surface area (Å²) in [5, 5.41) is 12.7. The Kier molecular flexibility index (Phi) is 6.34. The van der Waals surface area contributed by atoms with Crippen LogP contribution in [0.5, 0.6) is 0 Å². The largest absolute Gasteiger partial charge is 0.481 e. The average Bonchev–Trinajstić information content (AvgIpc) is 2.18. The first kappa shape index (κ1) is 15.7. The normalized spacial score (nSPS) is 29.9. The fourth-order valence-electron chi connectivity index (χ4n) is 2.55. The number of nitrogens with one attached hydrogen (secondary N) is 1. The van der Waals surface area contributed by atoms with Gasteiger partial charge < -0.3 is 10.4 Å². The molecule has 0 spiro atoms. The van der Waals surface area contributed by atoms with Crippen LogP contribution in [0.25, 0.3) is 0 Å². The van der Waals surface area contributed by atoms with Crippen molar-refractivity contribution in [3.63, 3.8) is 0 Å². The number of hydrogen-bond donors (Lipinski definition) is 2. The molecule has 0 amide bonds. The Labute approximate surface area is 104 Å². The van der Waals surface area contributed by atoms with Gasteiger partial charge in [0, 0.05) is 6.54 Å². The molecular formula is C12H24ClNO2. The first-order chi connectivity index (χ1) is 7.02. The number of carboxylic acid groups (broad SMARTS) is 1. The van der Waals surface area contributed by atoms with E-state index in [-0.39, 0.29) is 12.4 Å². The summed E-state index contributed by atoms with van der Waals surface area (Å²) in [5.41, 5.74) is -0.512. The van der Waals surface area contributed by atoms with Gasteiger partial charge in [-0.25, -0.2) is 0 Å². The van der Waals surface area contributed by atoms with Gasteiger partial charge in [-0.3, -0.25) is 4.79 Å². The molecule has 4 heteroatoms. The number of rotatable bonds is 4. The lowest BCUT2D eigenvalue weighted by molar-refractivity contribution is -0.152. The smallest absolute Gasteiger partial charge is 0.310 e. The van der Waals surface area contributed by atoms with Crippen molar-refractivity contribution < 1.29 is 9.90 Å². The average molecular weight is 250 g/mol. The van der Waals surface area contributed by atoms with E-state index in [2.05, 4.69) is 26.1 Å². The molecule has 0 aromatic carbocycles. The Bertz CT molecular complexity index is 229. The van der Waals surface area contributed by atoms with Crippen LogP contribution in [-0.4, -0.2) is 24.2 Å². The first-order valence-corrected chi connectivity index (χ1v) is 5.96. The van der Waals surface area contributed by atoms with E-state index in [4.69, 9.17) is 0 Å². The predicted molar refractivity (Wildman–Crippen MR) is 68.0 cm³/mol. The number of hydrogen-bond acceptors (Lipinski definition) is 2. The van der Waals surface area contributed by atoms with E-state index in [0.29, 0.717) is 18.4 Å². The van der Waals surface area contributed by atoms with Gasteiger partial charge >= 0.3 is 5.97 Å². The van der Waals surface area contributed by atoms with Gasteiger partial charge in [0.1, 0.15) is 0 Å². The zero-order chi connectivity index (χ0) is 11.5. The summed E-state index contributed by atoms with van der Waals surface area (Å²) in [4.78, 5) is 11.4. The van der Waals surface area contributed by atoms with Crippen molar-refractivity contribution in [3.8, 4) is 0 Å². The van der Waals surface area contributed by atoms with Crippen LogP contribution in [0.1, 0.15) is 40.0 Å². The number of carbonyl (C=O) groups is 1. The zero-order valence-corrected chi connectivity index (χ0v) is 11.3. The van der Waals surface area contributed by atoms with E-state index in [1.807, 2.05) is 0 Å². The molecule has 96 valence electrons. The molecule has 0 aromatic heterocycles. The van der Waals surface area contributed by atoms with Gasteiger partial charge in [0.05, 0.1) is 5.41 Å². The monoisotopic (exact) mass is 249 g/mol. The summed E-state index contributed by atoms with van der Waals surface area (Å²) in [6.45, 7) is 8.02. The van der Waals surface area contributed by atoms with Crippen LogP contribution in [-0.2, 0) is 4.79 Å². The number of halogens is 1. The highest BCUT2D eigenvalue weighted by Gasteiger charge is 2.42. The third-order valence-electron chi connectivity index (χ3n) is 3.65. The third kappa shape index (κ3) is 3.36. The van der Waals surface area contributed by atoms with Crippen molar-refractivity contribution in [3.05, 3.63) is 0 Å². The number of aliphatic carboxylic acids is 1. The Morgan fingerprint density at radius 3 is 2.62 bits per heavy atom. The maximum absolute atomic E-state index is 11.4. The molecule has 0 saturated carbocycles. The minimum Gasteiger partial charge on any atom is -0.481 e. The molecule has 3 nitrogen and oxygen atoms in total. The molecule has 0 aliphatic carbocycles. The van der Waals surface area contributed by atoms with Crippen LogP contribution in [0.15, 0.2) is 0 Å². The zero-order valence-electron chi connectivity index (χ0n) is 10.5. The predicted octanol–water partition coefficient (Wildman–Crippen LogP) is 2.54. The number of carboxylic acids is 1. The van der Waals surface area contributed by atoms with E-state index in [9.17, 15) is 9.90 Å². The first-order valence-electron chi connectivity index (χ1n) is 5.96. The second-order valence-corrected chi connectivity index (χ2v) is 5.17. The molecule has 1 aliphatic heterocycles. The SMILES string of the molecule is CCC[C@]1(C(=O)O)CNC[C@H](C(C)C)C1.Cl. The quantitative estimate of drug-likeness (QED) is 0.805. The molecule has 2 atom stereocenters. The van der Waals surface area contributed by atoms with Crippen molar-refractivity contribution >= 4 is 18.4 Å². The van der Waals surface area contributed by atoms with Crippen LogP contribution >= 0.6 is 12.4 Å². The van der Waals surface area contributed by atoms with Gasteiger partial charge in [-0.05, 0) is 31.2 Å². The van der Waals surface area contributed by atoms with Crippen LogP contribution in [0, 0.1) is 17.3 Å². The molecule has 16 heavy (non-hydrogen) atoms. The highest BCUT2D eigenvalue weighted by Crippen LogP contribution is 2.36. The van der Waals surface area contributed by atoms with Gasteiger partial charge in [0.15, 0.2) is 0 Å². The fourth-order valence-corrected chi connectivity index (χ4v) is 2.55. The lowest BCUT2D eigenvalue weighted by Gasteiger charge is -2.39. The van der Waals surface area contributed by atoms with Crippen LogP contribution in [0.3, 0.4) is 0 Å². The molecule has 1 saturated heterocycles. The minimum absolute atomic E-state index is 0. The standard InChI is InChI=1S/C12H23NO2.ClH/c1-4-5-12(11(14)15)6-10(9(2)3)7-13-8-12;/h9-10,13H,4-8H2,1-3H3,(H,14,15);1H/t10-,12-;/m1./s1. The Balaban J connectivity index is 0.00000225. The summed E-state index contributed by atoms with van der Waals surface area (Å²) in [6.07, 6.45) is 2.57. The van der Waals surface area contributed by atoms with Crippen molar-refractivity contribution in [1.82, 2.24) is 5.32 Å². The fraction of sp³-hybridized carbons (Fsp3) is 0.917. The molecule has 0 aromatic rings. The van der Waals surface area contributed by atoms with Crippen LogP contribution < -0.4 is 5.32 Å². The number of piperidine rings is 1. The molecule has 1 fully saturated rings. The highest BCUT2D eigenvalue weighted by atomic mass is 35.5. The lowest BCUT2D eigenvalue weighted by Crippen LogP contribution is -2.50. The van der Waals surface area contributed by atoms with Gasteiger partial charge in [0.25, 0.3) is 0 Å². The minimum atomic E-state index is -0.623. The van der Waals surface area contributed by atoms with Gasteiger partial charge in [0.2, 0.25) is 0 Å². The highest BCUT2D eigenvalue weighted by molar-refractivity contribution is 5.85. The van der Waals surface area contributed by atoms with E-state index >= 15 is 0 Å². The van der Waals surface area contributed by atoms with Gasteiger partial charge in [-0.1, -0.05) is 27.2 Å². The van der Waals surface area contributed by atoms with Crippen LogP contribution in [0.4, 0.5) is 0 Å². The van der Waals surface area contributed by atoms with Crippen molar-refractivity contribution in [1.29, 1.82) is 0 Å². The molecule has 1 aliphatic rings. The van der Waals surface area contributed by atoms with E-state index < -0.39 is 11.4 Å². The summed E-state index contributed by atoms with van der Waals surface area (Å²) >= 11 is 0. The molecule has 0 unspecified atom stereocenters. The van der Waals surface area contributed by atoms with Gasteiger partial charge in [-0.15, -0.1) is 12.4 Å². The topological polar surface area (TPSA) is 49.3 Å². The molecule has 2 N–H and O–H groups in total. The molecule has 0 radical (unpaired) electrons. The summed E-state index contributed by atoms with van der Waals surface area (Å²) in [7, 11) is 0.